The van der Waals surface area contributed by atoms with E-state index in [-0.39, 0.29) is 17.4 Å². The van der Waals surface area contributed by atoms with Crippen molar-refractivity contribution in [3.8, 4) is 0 Å². The highest BCUT2D eigenvalue weighted by Gasteiger charge is 2.47. The molecule has 2 aromatic rings. The van der Waals surface area contributed by atoms with Crippen LogP contribution in [0.3, 0.4) is 0 Å². The van der Waals surface area contributed by atoms with E-state index in [9.17, 15) is 14.7 Å². The molecule has 1 unspecified atom stereocenters. The lowest BCUT2D eigenvalue weighted by atomic mass is 9.95. The van der Waals surface area contributed by atoms with Gasteiger partial charge >= 0.3 is 0 Å². The Bertz CT molecular complexity index is 820. The number of carbonyl (C=O) groups is 2. The SMILES string of the molecule is O=C(C1=C(O)C(=O)N(C2CCCC2)C1c1cccnc1)c1ccco1. The summed E-state index contributed by atoms with van der Waals surface area (Å²) in [6.45, 7) is 0. The van der Waals surface area contributed by atoms with Crippen LogP contribution in [0.15, 0.2) is 58.7 Å². The average Bonchev–Trinajstić information content (AvgIpc) is 3.37. The summed E-state index contributed by atoms with van der Waals surface area (Å²) in [5, 5.41) is 10.5. The van der Waals surface area contributed by atoms with Gasteiger partial charge in [-0.2, -0.15) is 0 Å². The number of pyridine rings is 1. The van der Waals surface area contributed by atoms with Gasteiger partial charge in [0.1, 0.15) is 0 Å². The van der Waals surface area contributed by atoms with Crippen LogP contribution < -0.4 is 0 Å². The molecule has 0 aromatic carbocycles. The standard InChI is InChI=1S/C19H18N2O4/c22-17(14-8-4-10-25-14)15-16(12-5-3-9-20-11-12)21(19(24)18(15)23)13-6-1-2-7-13/h3-5,8-11,13,16,23H,1-2,6-7H2. The number of aromatic nitrogens is 1. The second kappa shape index (κ2) is 6.20. The summed E-state index contributed by atoms with van der Waals surface area (Å²) in [7, 11) is 0. The molecule has 1 atom stereocenters. The first-order chi connectivity index (χ1) is 12.2. The quantitative estimate of drug-likeness (QED) is 0.866. The molecule has 6 heteroatoms. The zero-order valence-electron chi connectivity index (χ0n) is 13.6. The van der Waals surface area contributed by atoms with Gasteiger partial charge in [0.25, 0.3) is 5.91 Å². The highest BCUT2D eigenvalue weighted by atomic mass is 16.3. The van der Waals surface area contributed by atoms with Gasteiger partial charge in [0.15, 0.2) is 11.5 Å². The fourth-order valence-corrected chi connectivity index (χ4v) is 3.82. The molecule has 3 heterocycles. The summed E-state index contributed by atoms with van der Waals surface area (Å²) in [4.78, 5) is 31.4. The predicted molar refractivity (Wildman–Crippen MR) is 88.8 cm³/mol. The van der Waals surface area contributed by atoms with Gasteiger partial charge in [-0.1, -0.05) is 18.9 Å². The number of Topliss-reactive ketones (excluding diaryl/α,β-unsaturated/α-hetero) is 1. The first-order valence-electron chi connectivity index (χ1n) is 8.42. The molecule has 0 radical (unpaired) electrons. The third-order valence-corrected chi connectivity index (χ3v) is 4.95. The molecule has 1 saturated carbocycles. The summed E-state index contributed by atoms with van der Waals surface area (Å²) in [5.74, 6) is -1.33. The number of hydrogen-bond acceptors (Lipinski definition) is 5. The molecular formula is C19H18N2O4. The first-order valence-corrected chi connectivity index (χ1v) is 8.42. The van der Waals surface area contributed by atoms with Gasteiger partial charge < -0.3 is 14.4 Å². The molecule has 1 aliphatic carbocycles. The lowest BCUT2D eigenvalue weighted by Crippen LogP contribution is -2.38. The molecule has 6 nitrogen and oxygen atoms in total. The third-order valence-electron chi connectivity index (χ3n) is 4.95. The Morgan fingerprint density at radius 3 is 2.68 bits per heavy atom. The van der Waals surface area contributed by atoms with Crippen molar-refractivity contribution in [1.82, 2.24) is 9.88 Å². The van der Waals surface area contributed by atoms with Gasteiger partial charge in [-0.15, -0.1) is 0 Å². The first kappa shape index (κ1) is 15.6. The third kappa shape index (κ3) is 2.54. The van der Waals surface area contributed by atoms with E-state index in [0.29, 0.717) is 5.56 Å². The van der Waals surface area contributed by atoms with Crippen LogP contribution in [0, 0.1) is 0 Å². The summed E-state index contributed by atoms with van der Waals surface area (Å²) >= 11 is 0. The Balaban J connectivity index is 1.82. The van der Waals surface area contributed by atoms with E-state index in [0.717, 1.165) is 25.7 Å². The maximum Gasteiger partial charge on any atom is 0.290 e. The number of furan rings is 1. The number of rotatable bonds is 4. The topological polar surface area (TPSA) is 83.6 Å². The zero-order chi connectivity index (χ0) is 17.4. The van der Waals surface area contributed by atoms with Crippen molar-refractivity contribution in [3.05, 3.63) is 65.6 Å². The average molecular weight is 338 g/mol. The van der Waals surface area contributed by atoms with Gasteiger partial charge in [-0.3, -0.25) is 14.6 Å². The Labute approximate surface area is 144 Å². The molecule has 1 N–H and O–H groups in total. The van der Waals surface area contributed by atoms with Gasteiger partial charge in [-0.05, 0) is 36.6 Å². The molecule has 0 spiro atoms. The van der Waals surface area contributed by atoms with Crippen LogP contribution in [-0.4, -0.2) is 32.7 Å². The Morgan fingerprint density at radius 2 is 2.04 bits per heavy atom. The van der Waals surface area contributed by atoms with E-state index in [1.165, 1.54) is 12.3 Å². The summed E-state index contributed by atoms with van der Waals surface area (Å²) in [5.41, 5.74) is 0.779. The van der Waals surface area contributed by atoms with E-state index in [1.54, 1.807) is 29.4 Å². The van der Waals surface area contributed by atoms with Crippen molar-refractivity contribution in [1.29, 1.82) is 0 Å². The second-order valence-electron chi connectivity index (χ2n) is 6.41. The lowest BCUT2D eigenvalue weighted by molar-refractivity contribution is -0.131. The fourth-order valence-electron chi connectivity index (χ4n) is 3.82. The fraction of sp³-hybridized carbons (Fsp3) is 0.316. The van der Waals surface area contributed by atoms with E-state index >= 15 is 0 Å². The van der Waals surface area contributed by atoms with Crippen LogP contribution in [0.25, 0.3) is 0 Å². The number of carbonyl (C=O) groups excluding carboxylic acids is 2. The van der Waals surface area contributed by atoms with Crippen LogP contribution in [0.4, 0.5) is 0 Å². The maximum atomic E-state index is 12.9. The minimum Gasteiger partial charge on any atom is -0.503 e. The van der Waals surface area contributed by atoms with Gasteiger partial charge in [-0.25, -0.2) is 0 Å². The van der Waals surface area contributed by atoms with Crippen molar-refractivity contribution in [2.75, 3.05) is 0 Å². The molecule has 0 bridgehead atoms. The number of amides is 1. The molecule has 1 aliphatic heterocycles. The molecular weight excluding hydrogens is 320 g/mol. The van der Waals surface area contributed by atoms with Crippen molar-refractivity contribution in [2.45, 2.75) is 37.8 Å². The van der Waals surface area contributed by atoms with E-state index in [4.69, 9.17) is 4.42 Å². The summed E-state index contributed by atoms with van der Waals surface area (Å²) in [6, 6.07) is 6.10. The highest BCUT2D eigenvalue weighted by molar-refractivity contribution is 6.15. The van der Waals surface area contributed by atoms with E-state index in [2.05, 4.69) is 4.98 Å². The van der Waals surface area contributed by atoms with E-state index < -0.39 is 23.5 Å². The molecule has 4 rings (SSSR count). The highest BCUT2D eigenvalue weighted by Crippen LogP contribution is 2.42. The van der Waals surface area contributed by atoms with Crippen molar-refractivity contribution in [3.63, 3.8) is 0 Å². The predicted octanol–water partition coefficient (Wildman–Crippen LogP) is 3.20. The van der Waals surface area contributed by atoms with Gasteiger partial charge in [0, 0.05) is 18.4 Å². The Kier molecular flexibility index (Phi) is 3.87. The molecule has 2 aromatic heterocycles. The minimum absolute atomic E-state index is 0.0155. The number of ketones is 1. The Morgan fingerprint density at radius 1 is 1.24 bits per heavy atom. The van der Waals surface area contributed by atoms with Crippen LogP contribution in [0.1, 0.15) is 47.8 Å². The molecule has 25 heavy (non-hydrogen) atoms. The van der Waals surface area contributed by atoms with Crippen LogP contribution >= 0.6 is 0 Å². The van der Waals surface area contributed by atoms with Crippen LogP contribution in [0.2, 0.25) is 0 Å². The summed E-state index contributed by atoms with van der Waals surface area (Å²) in [6.07, 6.45) is 8.49. The van der Waals surface area contributed by atoms with E-state index in [1.807, 2.05) is 6.07 Å². The van der Waals surface area contributed by atoms with Crippen LogP contribution in [-0.2, 0) is 4.79 Å². The Hall–Kier alpha value is -2.89. The molecule has 1 amide bonds. The molecule has 1 fully saturated rings. The smallest absolute Gasteiger partial charge is 0.290 e. The monoisotopic (exact) mass is 338 g/mol. The minimum atomic E-state index is -0.637. The van der Waals surface area contributed by atoms with Gasteiger partial charge in [0.2, 0.25) is 5.78 Å². The molecule has 2 aliphatic rings. The van der Waals surface area contributed by atoms with Crippen molar-refractivity contribution < 1.29 is 19.1 Å². The normalized spacial score (nSPS) is 21.4. The number of aliphatic hydroxyl groups excluding tert-OH is 1. The molecule has 128 valence electrons. The van der Waals surface area contributed by atoms with Gasteiger partial charge in [0.05, 0.1) is 17.9 Å². The van der Waals surface area contributed by atoms with Crippen molar-refractivity contribution >= 4 is 11.7 Å². The summed E-state index contributed by atoms with van der Waals surface area (Å²) < 4.78 is 5.20. The zero-order valence-corrected chi connectivity index (χ0v) is 13.6. The maximum absolute atomic E-state index is 12.9. The van der Waals surface area contributed by atoms with Crippen molar-refractivity contribution in [2.24, 2.45) is 0 Å². The second-order valence-corrected chi connectivity index (χ2v) is 6.41. The largest absolute Gasteiger partial charge is 0.503 e. The lowest BCUT2D eigenvalue weighted by Gasteiger charge is -2.31. The number of aliphatic hydroxyl groups is 1. The van der Waals surface area contributed by atoms with Crippen LogP contribution in [0.5, 0.6) is 0 Å². The molecule has 0 saturated heterocycles. The number of hydrogen-bond donors (Lipinski definition) is 1. The number of nitrogens with zero attached hydrogens (tertiary/aromatic N) is 2.